The molecule has 0 saturated carbocycles. The second kappa shape index (κ2) is 6.04. The van der Waals surface area contributed by atoms with Crippen LogP contribution >= 0.6 is 23.5 Å². The van der Waals surface area contributed by atoms with Crippen LogP contribution in [0.3, 0.4) is 0 Å². The first-order chi connectivity index (χ1) is 7.07. The van der Waals surface area contributed by atoms with Gasteiger partial charge in [0, 0.05) is 16.5 Å². The summed E-state index contributed by atoms with van der Waals surface area (Å²) in [5.41, 5.74) is 0. The summed E-state index contributed by atoms with van der Waals surface area (Å²) in [6.45, 7) is 8.75. The summed E-state index contributed by atoms with van der Waals surface area (Å²) in [5, 5.41) is 5.32. The van der Waals surface area contributed by atoms with Gasteiger partial charge in [0.25, 0.3) is 0 Å². The van der Waals surface area contributed by atoms with Crippen LogP contribution in [-0.2, 0) is 0 Å². The Morgan fingerprint density at radius 1 is 1.60 bits per heavy atom. The SMILES string of the molecule is CCCC1CN=C(NCC(C)(C)SC)S1. The lowest BCUT2D eigenvalue weighted by Crippen LogP contribution is -2.34. The first-order valence-electron chi connectivity index (χ1n) is 5.57. The van der Waals surface area contributed by atoms with Gasteiger partial charge in [0.15, 0.2) is 5.17 Å². The topological polar surface area (TPSA) is 24.4 Å². The number of nitrogens with one attached hydrogen (secondary N) is 1. The maximum atomic E-state index is 4.53. The van der Waals surface area contributed by atoms with Crippen LogP contribution in [0.15, 0.2) is 4.99 Å². The summed E-state index contributed by atoms with van der Waals surface area (Å²) in [5.74, 6) is 0. The molecule has 1 unspecified atom stereocenters. The normalized spacial score (nSPS) is 21.6. The first-order valence-corrected chi connectivity index (χ1v) is 7.68. The third-order valence-corrected chi connectivity index (χ3v) is 5.01. The van der Waals surface area contributed by atoms with Gasteiger partial charge in [-0.1, -0.05) is 25.1 Å². The lowest BCUT2D eigenvalue weighted by Gasteiger charge is -2.22. The Morgan fingerprint density at radius 2 is 2.33 bits per heavy atom. The van der Waals surface area contributed by atoms with Crippen LogP contribution in [0.25, 0.3) is 0 Å². The van der Waals surface area contributed by atoms with Gasteiger partial charge in [-0.15, -0.1) is 0 Å². The minimum atomic E-state index is 0.298. The van der Waals surface area contributed by atoms with Crippen molar-refractivity contribution < 1.29 is 0 Å². The Kier molecular flexibility index (Phi) is 5.33. The fourth-order valence-electron chi connectivity index (χ4n) is 1.35. The van der Waals surface area contributed by atoms with Gasteiger partial charge in [-0.2, -0.15) is 11.8 Å². The van der Waals surface area contributed by atoms with E-state index in [2.05, 4.69) is 37.3 Å². The molecule has 4 heteroatoms. The van der Waals surface area contributed by atoms with E-state index < -0.39 is 0 Å². The monoisotopic (exact) mass is 246 g/mol. The van der Waals surface area contributed by atoms with Gasteiger partial charge in [0.05, 0.1) is 6.54 Å². The third kappa shape index (κ3) is 4.68. The van der Waals surface area contributed by atoms with E-state index in [9.17, 15) is 0 Å². The molecule has 15 heavy (non-hydrogen) atoms. The van der Waals surface area contributed by atoms with E-state index in [0.717, 1.165) is 23.5 Å². The molecule has 1 aliphatic rings. The van der Waals surface area contributed by atoms with E-state index in [1.807, 2.05) is 23.5 Å². The molecular weight excluding hydrogens is 224 g/mol. The van der Waals surface area contributed by atoms with Gasteiger partial charge >= 0.3 is 0 Å². The average molecular weight is 246 g/mol. The predicted molar refractivity (Wildman–Crippen MR) is 74.2 cm³/mol. The van der Waals surface area contributed by atoms with Crippen molar-refractivity contribution in [2.75, 3.05) is 19.3 Å². The van der Waals surface area contributed by atoms with E-state index in [1.54, 1.807) is 0 Å². The molecule has 0 aromatic heterocycles. The van der Waals surface area contributed by atoms with Crippen molar-refractivity contribution in [1.29, 1.82) is 0 Å². The minimum absolute atomic E-state index is 0.298. The fraction of sp³-hybridized carbons (Fsp3) is 0.909. The maximum Gasteiger partial charge on any atom is 0.156 e. The number of rotatable bonds is 5. The molecule has 1 rings (SSSR count). The van der Waals surface area contributed by atoms with Gasteiger partial charge < -0.3 is 5.32 Å². The van der Waals surface area contributed by atoms with Crippen LogP contribution in [0, 0.1) is 0 Å². The zero-order valence-electron chi connectivity index (χ0n) is 10.2. The van der Waals surface area contributed by atoms with Crippen molar-refractivity contribution in [3.05, 3.63) is 0 Å². The van der Waals surface area contributed by atoms with Crippen molar-refractivity contribution in [2.45, 2.75) is 43.6 Å². The molecule has 0 aromatic carbocycles. The molecule has 1 heterocycles. The van der Waals surface area contributed by atoms with Gasteiger partial charge in [-0.05, 0) is 26.5 Å². The second-order valence-corrected chi connectivity index (χ2v) is 7.29. The van der Waals surface area contributed by atoms with E-state index in [1.165, 1.54) is 12.8 Å². The Labute approximate surface area is 102 Å². The van der Waals surface area contributed by atoms with Crippen molar-refractivity contribution >= 4 is 28.7 Å². The first kappa shape index (κ1) is 13.2. The number of hydrogen-bond donors (Lipinski definition) is 1. The standard InChI is InChI=1S/C11H22N2S2/c1-5-6-9-7-12-10(15-9)13-8-11(2,3)14-4/h9H,5-8H2,1-4H3,(H,12,13). The Balaban J connectivity index is 2.24. The summed E-state index contributed by atoms with van der Waals surface area (Å²) in [6.07, 6.45) is 4.70. The van der Waals surface area contributed by atoms with Crippen LogP contribution < -0.4 is 5.32 Å². The number of nitrogens with zero attached hydrogens (tertiary/aromatic N) is 1. The van der Waals surface area contributed by atoms with Crippen LogP contribution in [0.4, 0.5) is 0 Å². The summed E-state index contributed by atoms with van der Waals surface area (Å²) in [6, 6.07) is 0. The summed E-state index contributed by atoms with van der Waals surface area (Å²) in [7, 11) is 0. The second-order valence-electron chi connectivity index (χ2n) is 4.49. The number of hydrogen-bond acceptors (Lipinski definition) is 4. The third-order valence-electron chi connectivity index (χ3n) is 2.55. The molecule has 0 aliphatic carbocycles. The maximum absolute atomic E-state index is 4.53. The van der Waals surface area contributed by atoms with E-state index in [-0.39, 0.29) is 0 Å². The van der Waals surface area contributed by atoms with E-state index >= 15 is 0 Å². The van der Waals surface area contributed by atoms with Crippen LogP contribution in [0.2, 0.25) is 0 Å². The average Bonchev–Trinajstić information content (AvgIpc) is 2.64. The number of thioether (sulfide) groups is 2. The van der Waals surface area contributed by atoms with E-state index in [0.29, 0.717) is 4.75 Å². The number of amidine groups is 1. The van der Waals surface area contributed by atoms with Gasteiger partial charge in [0.1, 0.15) is 0 Å². The quantitative estimate of drug-likeness (QED) is 0.807. The van der Waals surface area contributed by atoms with Crippen LogP contribution in [0.5, 0.6) is 0 Å². The highest BCUT2D eigenvalue weighted by molar-refractivity contribution is 8.14. The molecule has 0 spiro atoms. The summed E-state index contributed by atoms with van der Waals surface area (Å²) >= 11 is 3.81. The van der Waals surface area contributed by atoms with Gasteiger partial charge in [0.2, 0.25) is 0 Å². The lowest BCUT2D eigenvalue weighted by molar-refractivity contribution is 0.682. The van der Waals surface area contributed by atoms with Crippen molar-refractivity contribution in [3.8, 4) is 0 Å². The largest absolute Gasteiger partial charge is 0.364 e. The van der Waals surface area contributed by atoms with Crippen molar-refractivity contribution in [3.63, 3.8) is 0 Å². The van der Waals surface area contributed by atoms with Crippen molar-refractivity contribution in [1.82, 2.24) is 5.32 Å². The lowest BCUT2D eigenvalue weighted by atomic mass is 10.2. The highest BCUT2D eigenvalue weighted by Crippen LogP contribution is 2.25. The molecule has 0 bridgehead atoms. The van der Waals surface area contributed by atoms with E-state index in [4.69, 9.17) is 0 Å². The van der Waals surface area contributed by atoms with Crippen LogP contribution in [-0.4, -0.2) is 34.5 Å². The molecule has 2 nitrogen and oxygen atoms in total. The van der Waals surface area contributed by atoms with Gasteiger partial charge in [-0.3, -0.25) is 4.99 Å². The minimum Gasteiger partial charge on any atom is -0.364 e. The molecule has 0 amide bonds. The molecule has 1 atom stereocenters. The number of aliphatic imine (C=N–C) groups is 1. The fourth-order valence-corrected chi connectivity index (χ4v) is 2.69. The zero-order chi connectivity index (χ0) is 11.3. The zero-order valence-corrected chi connectivity index (χ0v) is 11.8. The molecule has 1 N–H and O–H groups in total. The van der Waals surface area contributed by atoms with Crippen molar-refractivity contribution in [2.24, 2.45) is 4.99 Å². The summed E-state index contributed by atoms with van der Waals surface area (Å²) in [4.78, 5) is 4.53. The molecule has 88 valence electrons. The Bertz CT molecular complexity index is 227. The molecule has 0 saturated heterocycles. The highest BCUT2D eigenvalue weighted by Gasteiger charge is 2.21. The molecule has 1 aliphatic heterocycles. The van der Waals surface area contributed by atoms with Gasteiger partial charge in [-0.25, -0.2) is 0 Å². The predicted octanol–water partition coefficient (Wildman–Crippen LogP) is 2.99. The summed E-state index contributed by atoms with van der Waals surface area (Å²) < 4.78 is 0.298. The van der Waals surface area contributed by atoms with Crippen LogP contribution in [0.1, 0.15) is 33.6 Å². The smallest absolute Gasteiger partial charge is 0.156 e. The molecule has 0 aromatic rings. The highest BCUT2D eigenvalue weighted by atomic mass is 32.2. The molecular formula is C11H22N2S2. The molecule has 0 radical (unpaired) electrons. The Morgan fingerprint density at radius 3 is 2.93 bits per heavy atom. The molecule has 0 fully saturated rings. The Hall–Kier alpha value is 0.170.